The second-order valence-electron chi connectivity index (χ2n) is 6.36. The maximum Gasteiger partial charge on any atom is 0.338 e. The van der Waals surface area contributed by atoms with E-state index in [9.17, 15) is 18.0 Å². The van der Waals surface area contributed by atoms with Crippen LogP contribution in [-0.4, -0.2) is 40.1 Å². The lowest BCUT2D eigenvalue weighted by molar-refractivity contribution is -0.120. The topological polar surface area (TPSA) is 111 Å². The zero-order chi connectivity index (χ0) is 20.9. The van der Waals surface area contributed by atoms with E-state index in [2.05, 4.69) is 10.0 Å². The van der Waals surface area contributed by atoms with Gasteiger partial charge in [-0.3, -0.25) is 4.79 Å². The van der Waals surface area contributed by atoms with E-state index in [-0.39, 0.29) is 23.1 Å². The van der Waals surface area contributed by atoms with Crippen LogP contribution < -0.4 is 14.8 Å². The van der Waals surface area contributed by atoms with Crippen LogP contribution >= 0.6 is 0 Å². The Bertz CT molecular complexity index is 988. The lowest BCUT2D eigenvalue weighted by atomic mass is 10.0. The van der Waals surface area contributed by atoms with Crippen LogP contribution in [0.15, 0.2) is 53.4 Å². The highest BCUT2D eigenvalue weighted by Gasteiger charge is 2.23. The van der Waals surface area contributed by atoms with E-state index in [4.69, 9.17) is 9.47 Å². The molecule has 9 heteroatoms. The first-order valence-corrected chi connectivity index (χ1v) is 10.7. The van der Waals surface area contributed by atoms with E-state index < -0.39 is 28.4 Å². The summed E-state index contributed by atoms with van der Waals surface area (Å²) in [5.74, 6) is -0.259. The predicted molar refractivity (Wildman–Crippen MR) is 105 cm³/mol. The van der Waals surface area contributed by atoms with Crippen molar-refractivity contribution in [2.75, 3.05) is 19.8 Å². The first-order chi connectivity index (χ1) is 13.9. The molecule has 0 aliphatic carbocycles. The summed E-state index contributed by atoms with van der Waals surface area (Å²) in [4.78, 5) is 23.9. The smallest absolute Gasteiger partial charge is 0.338 e. The Morgan fingerprint density at radius 1 is 1.14 bits per heavy atom. The van der Waals surface area contributed by atoms with Gasteiger partial charge >= 0.3 is 5.97 Å². The fourth-order valence-electron chi connectivity index (χ4n) is 2.97. The Kier molecular flexibility index (Phi) is 6.50. The average Bonchev–Trinajstić information content (AvgIpc) is 2.73. The summed E-state index contributed by atoms with van der Waals surface area (Å²) in [6, 6.07) is 12.5. The summed E-state index contributed by atoms with van der Waals surface area (Å²) in [6.45, 7) is 1.99. The van der Waals surface area contributed by atoms with Gasteiger partial charge in [0.2, 0.25) is 15.9 Å². The van der Waals surface area contributed by atoms with Crippen molar-refractivity contribution in [3.05, 3.63) is 59.7 Å². The van der Waals surface area contributed by atoms with Crippen molar-refractivity contribution in [2.24, 2.45) is 0 Å². The molecule has 0 saturated carbocycles. The van der Waals surface area contributed by atoms with Crippen molar-refractivity contribution < 1.29 is 27.5 Å². The van der Waals surface area contributed by atoms with Crippen LogP contribution in [0.1, 0.15) is 35.3 Å². The summed E-state index contributed by atoms with van der Waals surface area (Å²) >= 11 is 0. The number of fused-ring (bicyclic) bond motifs is 1. The van der Waals surface area contributed by atoms with Gasteiger partial charge in [0.05, 0.1) is 36.3 Å². The molecule has 0 unspecified atom stereocenters. The minimum atomic E-state index is -3.90. The second kappa shape index (κ2) is 9.06. The van der Waals surface area contributed by atoms with Crippen molar-refractivity contribution in [3.63, 3.8) is 0 Å². The monoisotopic (exact) mass is 418 g/mol. The van der Waals surface area contributed by atoms with Crippen molar-refractivity contribution in [2.45, 2.75) is 24.3 Å². The van der Waals surface area contributed by atoms with Gasteiger partial charge in [0, 0.05) is 12.0 Å². The number of carbonyl (C=O) groups is 2. The molecular formula is C20H22N2O6S. The highest BCUT2D eigenvalue weighted by atomic mass is 32.2. The minimum absolute atomic E-state index is 0.0465. The molecule has 0 spiro atoms. The highest BCUT2D eigenvalue weighted by molar-refractivity contribution is 7.89. The number of benzene rings is 2. The molecule has 0 aromatic heterocycles. The van der Waals surface area contributed by atoms with Crippen LogP contribution in [0.25, 0.3) is 0 Å². The number of nitrogens with one attached hydrogen (secondary N) is 2. The van der Waals surface area contributed by atoms with Gasteiger partial charge in [0.1, 0.15) is 5.75 Å². The quantitative estimate of drug-likeness (QED) is 0.663. The van der Waals surface area contributed by atoms with Gasteiger partial charge < -0.3 is 14.8 Å². The Morgan fingerprint density at radius 2 is 1.86 bits per heavy atom. The van der Waals surface area contributed by atoms with Gasteiger partial charge in [-0.2, -0.15) is 0 Å². The fourth-order valence-corrected chi connectivity index (χ4v) is 3.95. The molecule has 0 saturated heterocycles. The van der Waals surface area contributed by atoms with E-state index >= 15 is 0 Å². The number of hydrogen-bond acceptors (Lipinski definition) is 6. The first-order valence-electron chi connectivity index (χ1n) is 9.18. The van der Waals surface area contributed by atoms with Crippen LogP contribution in [-0.2, 0) is 19.6 Å². The third-order valence-corrected chi connectivity index (χ3v) is 5.81. The number of rotatable bonds is 7. The van der Waals surface area contributed by atoms with Crippen molar-refractivity contribution >= 4 is 21.9 Å². The highest BCUT2D eigenvalue weighted by Crippen LogP contribution is 2.31. The lowest BCUT2D eigenvalue weighted by Gasteiger charge is -2.26. The molecule has 1 aliphatic rings. The fraction of sp³-hybridized carbons (Fsp3) is 0.300. The van der Waals surface area contributed by atoms with Crippen molar-refractivity contribution in [3.8, 4) is 5.75 Å². The molecule has 0 fully saturated rings. The molecule has 1 atom stereocenters. The van der Waals surface area contributed by atoms with E-state index in [0.717, 1.165) is 5.56 Å². The largest absolute Gasteiger partial charge is 0.493 e. The van der Waals surface area contributed by atoms with Gasteiger partial charge in [0.25, 0.3) is 0 Å². The van der Waals surface area contributed by atoms with Crippen LogP contribution in [0.2, 0.25) is 0 Å². The maximum atomic E-state index is 12.4. The van der Waals surface area contributed by atoms with Crippen LogP contribution in [0.3, 0.4) is 0 Å². The molecule has 29 heavy (non-hydrogen) atoms. The van der Waals surface area contributed by atoms with Crippen molar-refractivity contribution in [1.29, 1.82) is 0 Å². The molecule has 1 aliphatic heterocycles. The minimum Gasteiger partial charge on any atom is -0.493 e. The Hall–Kier alpha value is -2.91. The molecule has 1 amide bonds. The number of hydrogen-bond donors (Lipinski definition) is 2. The van der Waals surface area contributed by atoms with Crippen LogP contribution in [0, 0.1) is 0 Å². The standard InChI is InChI=1S/C20H22N2O6S/c1-2-27-20(24)14-7-9-15(10-8-14)29(25,26)21-13-19(23)22-17-11-12-28-18-6-4-3-5-16(17)18/h3-10,17,21H,2,11-13H2,1H3,(H,22,23)/t17-/m1/s1. The maximum absolute atomic E-state index is 12.4. The van der Waals surface area contributed by atoms with E-state index in [1.807, 2.05) is 24.3 Å². The lowest BCUT2D eigenvalue weighted by Crippen LogP contribution is -2.39. The van der Waals surface area contributed by atoms with E-state index in [0.29, 0.717) is 18.8 Å². The number of esters is 1. The third kappa shape index (κ3) is 5.12. The molecule has 8 nitrogen and oxygen atoms in total. The van der Waals surface area contributed by atoms with Gasteiger partial charge in [-0.1, -0.05) is 18.2 Å². The molecular weight excluding hydrogens is 396 g/mol. The Balaban J connectivity index is 1.59. The number of carbonyl (C=O) groups excluding carboxylic acids is 2. The molecule has 3 rings (SSSR count). The van der Waals surface area contributed by atoms with Crippen LogP contribution in [0.4, 0.5) is 0 Å². The third-order valence-electron chi connectivity index (χ3n) is 4.39. The number of ether oxygens (including phenoxy) is 2. The second-order valence-corrected chi connectivity index (χ2v) is 8.13. The summed E-state index contributed by atoms with van der Waals surface area (Å²) < 4.78 is 37.5. The van der Waals surface area contributed by atoms with E-state index in [1.165, 1.54) is 24.3 Å². The molecule has 0 radical (unpaired) electrons. The van der Waals surface area contributed by atoms with Gasteiger partial charge in [-0.15, -0.1) is 0 Å². The number of sulfonamides is 1. The first kappa shape index (κ1) is 20.8. The number of amides is 1. The zero-order valence-corrected chi connectivity index (χ0v) is 16.7. The molecule has 2 aromatic rings. The van der Waals surface area contributed by atoms with Gasteiger partial charge in [-0.25, -0.2) is 17.9 Å². The van der Waals surface area contributed by atoms with Crippen LogP contribution in [0.5, 0.6) is 5.75 Å². The predicted octanol–water partition coefficient (Wildman–Crippen LogP) is 1.78. The normalized spacial score (nSPS) is 15.7. The summed E-state index contributed by atoms with van der Waals surface area (Å²) in [7, 11) is -3.90. The Morgan fingerprint density at radius 3 is 2.59 bits per heavy atom. The van der Waals surface area contributed by atoms with Crippen molar-refractivity contribution in [1.82, 2.24) is 10.0 Å². The van der Waals surface area contributed by atoms with Gasteiger partial charge in [0.15, 0.2) is 0 Å². The summed E-state index contributed by atoms with van der Waals surface area (Å²) in [6.07, 6.45) is 0.602. The summed E-state index contributed by atoms with van der Waals surface area (Å²) in [5.41, 5.74) is 1.12. The average molecular weight is 418 g/mol. The Labute approximate surface area is 169 Å². The molecule has 154 valence electrons. The SMILES string of the molecule is CCOC(=O)c1ccc(S(=O)(=O)NCC(=O)N[C@@H]2CCOc3ccccc32)cc1. The number of para-hydroxylation sites is 1. The summed E-state index contributed by atoms with van der Waals surface area (Å²) in [5, 5.41) is 2.83. The molecule has 0 bridgehead atoms. The zero-order valence-electron chi connectivity index (χ0n) is 15.9. The molecule has 2 aromatic carbocycles. The molecule has 1 heterocycles. The van der Waals surface area contributed by atoms with E-state index in [1.54, 1.807) is 6.92 Å². The van der Waals surface area contributed by atoms with Gasteiger partial charge in [-0.05, 0) is 37.3 Å². The molecule has 2 N–H and O–H groups in total.